The van der Waals surface area contributed by atoms with Gasteiger partial charge in [0.05, 0.1) is 6.07 Å². The van der Waals surface area contributed by atoms with Crippen molar-refractivity contribution in [3.05, 3.63) is 0 Å². The first-order valence-corrected chi connectivity index (χ1v) is 5.34. The van der Waals surface area contributed by atoms with Crippen molar-refractivity contribution in [2.75, 3.05) is 13.1 Å². The van der Waals surface area contributed by atoms with Crippen LogP contribution >= 0.6 is 0 Å². The summed E-state index contributed by atoms with van der Waals surface area (Å²) in [5.74, 6) is 0.265. The molecule has 1 fully saturated rings. The molecule has 0 aromatic carbocycles. The maximum Gasteiger partial charge on any atom is 0.129 e. The second-order valence-corrected chi connectivity index (χ2v) is 3.98. The molecule has 1 aliphatic rings. The molecule has 0 bridgehead atoms. The topological polar surface area (TPSA) is 44.1 Å². The van der Waals surface area contributed by atoms with Gasteiger partial charge in [0.25, 0.3) is 0 Å². The van der Waals surface area contributed by atoms with Crippen LogP contribution in [-0.2, 0) is 4.79 Å². The van der Waals surface area contributed by atoms with Crippen molar-refractivity contribution < 1.29 is 4.79 Å². The molecule has 1 rings (SSSR count). The Bertz CT molecular complexity index is 228. The normalized spacial score (nSPS) is 15.5. The van der Waals surface area contributed by atoms with E-state index in [9.17, 15) is 4.79 Å². The van der Waals surface area contributed by atoms with Gasteiger partial charge in [-0.15, -0.1) is 0 Å². The first kappa shape index (κ1) is 11.2. The van der Waals surface area contributed by atoms with Crippen LogP contribution < -0.4 is 0 Å². The van der Waals surface area contributed by atoms with Crippen molar-refractivity contribution in [3.8, 4) is 6.07 Å². The van der Waals surface area contributed by atoms with Crippen LogP contribution in [0.4, 0.5) is 0 Å². The van der Waals surface area contributed by atoms with E-state index in [1.54, 1.807) is 6.92 Å². The van der Waals surface area contributed by atoms with E-state index in [-0.39, 0.29) is 5.78 Å². The summed E-state index contributed by atoms with van der Waals surface area (Å²) in [5.41, 5.74) is 0. The fourth-order valence-electron chi connectivity index (χ4n) is 1.64. The summed E-state index contributed by atoms with van der Waals surface area (Å²) in [6.07, 6.45) is 4.76. The van der Waals surface area contributed by atoms with Gasteiger partial charge in [-0.25, -0.2) is 0 Å². The van der Waals surface area contributed by atoms with Crippen LogP contribution in [0.1, 0.15) is 39.0 Å². The molecule has 14 heavy (non-hydrogen) atoms. The SMILES string of the molecule is CC(=O)CCCN(CCC#N)C1CC1. The molecule has 0 N–H and O–H groups in total. The fraction of sp³-hybridized carbons (Fsp3) is 0.818. The summed E-state index contributed by atoms with van der Waals surface area (Å²) in [6, 6.07) is 2.88. The summed E-state index contributed by atoms with van der Waals surface area (Å²) < 4.78 is 0. The molecule has 0 aromatic heterocycles. The number of hydrogen-bond acceptors (Lipinski definition) is 3. The molecule has 3 heteroatoms. The second-order valence-electron chi connectivity index (χ2n) is 3.98. The average molecular weight is 194 g/mol. The molecule has 3 nitrogen and oxygen atoms in total. The van der Waals surface area contributed by atoms with Crippen LogP contribution in [0.2, 0.25) is 0 Å². The highest BCUT2D eigenvalue weighted by Gasteiger charge is 2.27. The van der Waals surface area contributed by atoms with E-state index < -0.39 is 0 Å². The van der Waals surface area contributed by atoms with Crippen molar-refractivity contribution in [3.63, 3.8) is 0 Å². The standard InChI is InChI=1S/C11H18N2O/c1-10(14)4-2-8-13(9-3-7-12)11-5-6-11/h11H,2-6,8-9H2,1H3. The maximum absolute atomic E-state index is 10.8. The molecule has 1 aliphatic carbocycles. The summed E-state index contributed by atoms with van der Waals surface area (Å²) in [4.78, 5) is 13.1. The van der Waals surface area contributed by atoms with Gasteiger partial charge >= 0.3 is 0 Å². The van der Waals surface area contributed by atoms with Crippen LogP contribution in [0.5, 0.6) is 0 Å². The highest BCUT2D eigenvalue weighted by Crippen LogP contribution is 2.27. The fourth-order valence-corrected chi connectivity index (χ4v) is 1.64. The lowest BCUT2D eigenvalue weighted by Crippen LogP contribution is -2.28. The number of Topliss-reactive ketones (excluding diaryl/α,β-unsaturated/α-hetero) is 1. The lowest BCUT2D eigenvalue weighted by atomic mass is 10.2. The van der Waals surface area contributed by atoms with E-state index in [2.05, 4.69) is 11.0 Å². The number of hydrogen-bond donors (Lipinski definition) is 0. The van der Waals surface area contributed by atoms with Crippen molar-refractivity contribution >= 4 is 5.78 Å². The Balaban J connectivity index is 2.15. The van der Waals surface area contributed by atoms with Gasteiger partial charge in [0, 0.05) is 25.4 Å². The molecule has 0 spiro atoms. The molecule has 0 heterocycles. The van der Waals surface area contributed by atoms with Crippen LogP contribution in [0.15, 0.2) is 0 Å². The molecular weight excluding hydrogens is 176 g/mol. The predicted octanol–water partition coefficient (Wildman–Crippen LogP) is 1.73. The minimum atomic E-state index is 0.265. The third kappa shape index (κ3) is 4.38. The average Bonchev–Trinajstić information content (AvgIpc) is 2.93. The van der Waals surface area contributed by atoms with Crippen LogP contribution in [0.3, 0.4) is 0 Å². The monoisotopic (exact) mass is 194 g/mol. The van der Waals surface area contributed by atoms with Gasteiger partial charge in [-0.1, -0.05) is 0 Å². The van der Waals surface area contributed by atoms with Gasteiger partial charge in [0.2, 0.25) is 0 Å². The summed E-state index contributed by atoms with van der Waals surface area (Å²) in [6.45, 7) is 3.49. The van der Waals surface area contributed by atoms with Gasteiger partial charge in [-0.05, 0) is 32.7 Å². The predicted molar refractivity (Wildman–Crippen MR) is 54.7 cm³/mol. The molecule has 0 radical (unpaired) electrons. The minimum Gasteiger partial charge on any atom is -0.300 e. The van der Waals surface area contributed by atoms with Crippen LogP contribution in [-0.4, -0.2) is 29.8 Å². The van der Waals surface area contributed by atoms with Crippen molar-refractivity contribution in [1.82, 2.24) is 4.90 Å². The van der Waals surface area contributed by atoms with E-state index in [0.29, 0.717) is 18.9 Å². The number of ketones is 1. The summed E-state index contributed by atoms with van der Waals surface area (Å²) in [5, 5.41) is 8.50. The Hall–Kier alpha value is -0.880. The largest absolute Gasteiger partial charge is 0.300 e. The first-order valence-electron chi connectivity index (χ1n) is 5.34. The van der Waals surface area contributed by atoms with Gasteiger partial charge in [0.1, 0.15) is 5.78 Å². The van der Waals surface area contributed by atoms with Crippen molar-refractivity contribution in [1.29, 1.82) is 5.26 Å². The van der Waals surface area contributed by atoms with E-state index in [1.165, 1.54) is 12.8 Å². The number of carbonyl (C=O) groups excluding carboxylic acids is 1. The Morgan fingerprint density at radius 1 is 1.50 bits per heavy atom. The molecule has 0 aromatic rings. The molecule has 0 amide bonds. The molecule has 78 valence electrons. The van der Waals surface area contributed by atoms with Gasteiger partial charge in [-0.3, -0.25) is 4.90 Å². The Kier molecular flexibility index (Phi) is 4.61. The number of rotatable bonds is 7. The molecule has 0 aliphatic heterocycles. The van der Waals surface area contributed by atoms with Crippen LogP contribution in [0, 0.1) is 11.3 Å². The second kappa shape index (κ2) is 5.77. The molecule has 0 atom stereocenters. The highest BCUT2D eigenvalue weighted by molar-refractivity contribution is 5.75. The number of nitriles is 1. The van der Waals surface area contributed by atoms with Gasteiger partial charge in [-0.2, -0.15) is 5.26 Å². The third-order valence-electron chi connectivity index (χ3n) is 2.55. The lowest BCUT2D eigenvalue weighted by molar-refractivity contribution is -0.117. The van der Waals surface area contributed by atoms with E-state index >= 15 is 0 Å². The zero-order valence-electron chi connectivity index (χ0n) is 8.83. The smallest absolute Gasteiger partial charge is 0.129 e. The van der Waals surface area contributed by atoms with E-state index in [0.717, 1.165) is 19.5 Å². The quantitative estimate of drug-likeness (QED) is 0.620. The highest BCUT2D eigenvalue weighted by atomic mass is 16.1. The van der Waals surface area contributed by atoms with Gasteiger partial charge < -0.3 is 4.79 Å². The Labute approximate surface area is 85.7 Å². The van der Waals surface area contributed by atoms with Crippen molar-refractivity contribution in [2.24, 2.45) is 0 Å². The van der Waals surface area contributed by atoms with E-state index in [1.807, 2.05) is 0 Å². The first-order chi connectivity index (χ1) is 6.74. The lowest BCUT2D eigenvalue weighted by Gasteiger charge is -2.19. The number of carbonyl (C=O) groups is 1. The van der Waals surface area contributed by atoms with E-state index in [4.69, 9.17) is 5.26 Å². The zero-order chi connectivity index (χ0) is 10.4. The molecule has 0 unspecified atom stereocenters. The number of nitrogens with zero attached hydrogens (tertiary/aromatic N) is 2. The third-order valence-corrected chi connectivity index (χ3v) is 2.55. The molecular formula is C11H18N2O. The summed E-state index contributed by atoms with van der Waals surface area (Å²) >= 11 is 0. The molecule has 0 saturated heterocycles. The van der Waals surface area contributed by atoms with Gasteiger partial charge in [0.15, 0.2) is 0 Å². The molecule has 1 saturated carbocycles. The minimum absolute atomic E-state index is 0.265. The van der Waals surface area contributed by atoms with Crippen molar-refractivity contribution in [2.45, 2.75) is 45.1 Å². The zero-order valence-corrected chi connectivity index (χ0v) is 8.83. The Morgan fingerprint density at radius 2 is 2.21 bits per heavy atom. The summed E-state index contributed by atoms with van der Waals surface area (Å²) in [7, 11) is 0. The van der Waals surface area contributed by atoms with Crippen LogP contribution in [0.25, 0.3) is 0 Å². The Morgan fingerprint density at radius 3 is 2.71 bits per heavy atom. The maximum atomic E-state index is 10.8.